The molecule has 3 heterocycles. The quantitative estimate of drug-likeness (QED) is 0.732. The lowest BCUT2D eigenvalue weighted by molar-refractivity contribution is 0.0690. The SMILES string of the molecule is Cc1nc2sc([C@@H](c3ccccc3Cl)N3CCC(O)CC3)c(O)n2n1. The highest BCUT2D eigenvalue weighted by Gasteiger charge is 2.32. The Hall–Kier alpha value is -1.67. The van der Waals surface area contributed by atoms with Gasteiger partial charge in [0.05, 0.1) is 17.0 Å². The third-order valence-electron chi connectivity index (χ3n) is 4.62. The average Bonchev–Trinajstić information content (AvgIpc) is 3.09. The van der Waals surface area contributed by atoms with Gasteiger partial charge in [0, 0.05) is 18.1 Å². The molecule has 1 saturated heterocycles. The minimum absolute atomic E-state index is 0.108. The number of fused-ring (bicyclic) bond motifs is 1. The maximum Gasteiger partial charge on any atom is 0.230 e. The number of rotatable bonds is 3. The van der Waals surface area contributed by atoms with Gasteiger partial charge in [0.1, 0.15) is 5.82 Å². The second-order valence-electron chi connectivity index (χ2n) is 6.33. The molecule has 25 heavy (non-hydrogen) atoms. The third-order valence-corrected chi connectivity index (χ3v) is 6.03. The van der Waals surface area contributed by atoms with Crippen LogP contribution in [0, 0.1) is 6.92 Å². The minimum Gasteiger partial charge on any atom is -0.492 e. The summed E-state index contributed by atoms with van der Waals surface area (Å²) in [5.41, 5.74) is 0.942. The Labute approximate surface area is 154 Å². The van der Waals surface area contributed by atoms with E-state index >= 15 is 0 Å². The molecule has 8 heteroatoms. The summed E-state index contributed by atoms with van der Waals surface area (Å²) in [6.07, 6.45) is 1.16. The molecule has 4 rings (SSSR count). The van der Waals surface area contributed by atoms with Crippen LogP contribution in [-0.4, -0.2) is 48.9 Å². The number of aryl methyl sites for hydroxylation is 1. The molecule has 0 amide bonds. The molecule has 0 aliphatic carbocycles. The summed E-state index contributed by atoms with van der Waals surface area (Å²) < 4.78 is 1.48. The number of benzene rings is 1. The van der Waals surface area contributed by atoms with E-state index in [4.69, 9.17) is 11.6 Å². The highest BCUT2D eigenvalue weighted by Crippen LogP contribution is 2.42. The topological polar surface area (TPSA) is 73.9 Å². The van der Waals surface area contributed by atoms with Gasteiger partial charge in [-0.05, 0) is 31.4 Å². The van der Waals surface area contributed by atoms with E-state index in [2.05, 4.69) is 15.0 Å². The molecule has 1 aromatic carbocycles. The Morgan fingerprint density at radius 2 is 2.00 bits per heavy atom. The van der Waals surface area contributed by atoms with Crippen molar-refractivity contribution in [3.63, 3.8) is 0 Å². The van der Waals surface area contributed by atoms with Crippen LogP contribution in [0.1, 0.15) is 35.1 Å². The predicted molar refractivity (Wildman–Crippen MR) is 97.4 cm³/mol. The Morgan fingerprint density at radius 1 is 1.28 bits per heavy atom. The van der Waals surface area contributed by atoms with E-state index in [0.29, 0.717) is 28.6 Å². The molecule has 6 nitrogen and oxygen atoms in total. The van der Waals surface area contributed by atoms with Crippen molar-refractivity contribution in [2.24, 2.45) is 0 Å². The highest BCUT2D eigenvalue weighted by atomic mass is 35.5. The lowest BCUT2D eigenvalue weighted by Crippen LogP contribution is -2.38. The first-order chi connectivity index (χ1) is 12.0. The Kier molecular flexibility index (Phi) is 4.41. The highest BCUT2D eigenvalue weighted by molar-refractivity contribution is 7.17. The zero-order valence-corrected chi connectivity index (χ0v) is 15.3. The zero-order chi connectivity index (χ0) is 17.6. The van der Waals surface area contributed by atoms with Crippen molar-refractivity contribution >= 4 is 27.9 Å². The fourth-order valence-electron chi connectivity index (χ4n) is 3.37. The van der Waals surface area contributed by atoms with Crippen LogP contribution in [0.4, 0.5) is 0 Å². The van der Waals surface area contributed by atoms with Gasteiger partial charge in [-0.1, -0.05) is 41.1 Å². The summed E-state index contributed by atoms with van der Waals surface area (Å²) in [5.74, 6) is 0.736. The van der Waals surface area contributed by atoms with Crippen molar-refractivity contribution in [1.82, 2.24) is 19.5 Å². The Morgan fingerprint density at radius 3 is 2.68 bits per heavy atom. The van der Waals surface area contributed by atoms with Gasteiger partial charge < -0.3 is 10.2 Å². The summed E-state index contributed by atoms with van der Waals surface area (Å²) >= 11 is 7.90. The van der Waals surface area contributed by atoms with Crippen LogP contribution >= 0.6 is 22.9 Å². The number of aromatic nitrogens is 3. The predicted octanol–water partition coefficient (Wildman–Crippen LogP) is 3.00. The van der Waals surface area contributed by atoms with Crippen LogP contribution in [0.2, 0.25) is 5.02 Å². The lowest BCUT2D eigenvalue weighted by Gasteiger charge is -2.36. The average molecular weight is 379 g/mol. The summed E-state index contributed by atoms with van der Waals surface area (Å²) in [4.78, 5) is 8.07. The van der Waals surface area contributed by atoms with Crippen molar-refractivity contribution in [3.05, 3.63) is 45.6 Å². The number of piperidine rings is 1. The van der Waals surface area contributed by atoms with Gasteiger partial charge in [0.25, 0.3) is 0 Å². The summed E-state index contributed by atoms with van der Waals surface area (Å²) in [6.45, 7) is 3.28. The largest absolute Gasteiger partial charge is 0.492 e. The molecule has 3 aromatic rings. The molecule has 1 aliphatic heterocycles. The van der Waals surface area contributed by atoms with E-state index < -0.39 is 0 Å². The van der Waals surface area contributed by atoms with Crippen molar-refractivity contribution in [2.75, 3.05) is 13.1 Å². The van der Waals surface area contributed by atoms with E-state index in [1.807, 2.05) is 24.3 Å². The lowest BCUT2D eigenvalue weighted by atomic mass is 9.99. The molecule has 0 saturated carbocycles. The molecule has 2 aromatic heterocycles. The maximum atomic E-state index is 10.8. The Balaban J connectivity index is 1.83. The van der Waals surface area contributed by atoms with E-state index in [1.54, 1.807) is 6.92 Å². The van der Waals surface area contributed by atoms with Crippen LogP contribution in [0.5, 0.6) is 5.88 Å². The molecule has 2 N–H and O–H groups in total. The third kappa shape index (κ3) is 3.01. The molecule has 1 fully saturated rings. The number of thiazole rings is 1. The fourth-order valence-corrected chi connectivity index (χ4v) is 4.76. The first kappa shape index (κ1) is 16.8. The molecule has 0 spiro atoms. The number of likely N-dealkylation sites (tertiary alicyclic amines) is 1. The molecule has 0 radical (unpaired) electrons. The minimum atomic E-state index is -0.262. The maximum absolute atomic E-state index is 10.8. The fraction of sp³-hybridized carbons (Fsp3) is 0.412. The van der Waals surface area contributed by atoms with Crippen molar-refractivity contribution < 1.29 is 10.2 Å². The number of nitrogens with zero attached hydrogens (tertiary/aromatic N) is 4. The molecule has 132 valence electrons. The summed E-state index contributed by atoms with van der Waals surface area (Å²) in [6, 6.07) is 7.51. The molecule has 1 aliphatic rings. The van der Waals surface area contributed by atoms with Crippen LogP contribution in [0.3, 0.4) is 0 Å². The van der Waals surface area contributed by atoms with Crippen molar-refractivity contribution in [1.29, 1.82) is 0 Å². The van der Waals surface area contributed by atoms with Crippen LogP contribution < -0.4 is 0 Å². The number of aliphatic hydroxyl groups excluding tert-OH is 1. The number of hydrogen-bond acceptors (Lipinski definition) is 6. The van der Waals surface area contributed by atoms with Crippen LogP contribution in [-0.2, 0) is 0 Å². The molecular weight excluding hydrogens is 360 g/mol. The second-order valence-corrected chi connectivity index (χ2v) is 7.75. The van der Waals surface area contributed by atoms with Crippen LogP contribution in [0.25, 0.3) is 4.96 Å². The monoisotopic (exact) mass is 378 g/mol. The first-order valence-electron chi connectivity index (χ1n) is 8.26. The van der Waals surface area contributed by atoms with Crippen molar-refractivity contribution in [2.45, 2.75) is 31.9 Å². The first-order valence-corrected chi connectivity index (χ1v) is 9.45. The molecular formula is C17H19ClN4O2S. The van der Waals surface area contributed by atoms with E-state index in [0.717, 1.165) is 23.5 Å². The number of hydrogen-bond donors (Lipinski definition) is 2. The standard InChI is InChI=1S/C17H19ClN4O2S/c1-10-19-17-22(20-10)16(24)15(25-17)14(12-4-2-3-5-13(12)18)21-8-6-11(23)7-9-21/h2-5,11,14,23-24H,6-9H2,1H3/t14-/m1/s1. The van der Waals surface area contributed by atoms with E-state index in [-0.39, 0.29) is 18.0 Å². The van der Waals surface area contributed by atoms with E-state index in [9.17, 15) is 10.2 Å². The zero-order valence-electron chi connectivity index (χ0n) is 13.8. The second kappa shape index (κ2) is 6.57. The Bertz CT molecular complexity index is 901. The van der Waals surface area contributed by atoms with Gasteiger partial charge in [0.2, 0.25) is 10.8 Å². The normalized spacial score (nSPS) is 18.0. The van der Waals surface area contributed by atoms with Crippen molar-refractivity contribution in [3.8, 4) is 5.88 Å². The van der Waals surface area contributed by atoms with Gasteiger partial charge >= 0.3 is 0 Å². The van der Waals surface area contributed by atoms with Gasteiger partial charge in [0.15, 0.2) is 0 Å². The van der Waals surface area contributed by atoms with Gasteiger partial charge in [-0.15, -0.1) is 5.10 Å². The summed E-state index contributed by atoms with van der Waals surface area (Å²) in [7, 11) is 0. The van der Waals surface area contributed by atoms with Gasteiger partial charge in [-0.3, -0.25) is 4.90 Å². The molecule has 0 bridgehead atoms. The van der Waals surface area contributed by atoms with Gasteiger partial charge in [-0.2, -0.15) is 4.52 Å². The molecule has 0 unspecified atom stereocenters. The molecule has 1 atom stereocenters. The van der Waals surface area contributed by atoms with Gasteiger partial charge in [-0.25, -0.2) is 4.98 Å². The number of halogens is 1. The smallest absolute Gasteiger partial charge is 0.230 e. The van der Waals surface area contributed by atoms with E-state index in [1.165, 1.54) is 15.9 Å². The van der Waals surface area contributed by atoms with Crippen LogP contribution in [0.15, 0.2) is 24.3 Å². The number of aromatic hydroxyl groups is 1. The summed E-state index contributed by atoms with van der Waals surface area (Å²) in [5, 5.41) is 25.5. The number of aliphatic hydroxyl groups is 1.